The number of hydrogen-bond donors (Lipinski definition) is 3. The molecule has 4 nitrogen and oxygen atoms in total. The van der Waals surface area contributed by atoms with Crippen molar-refractivity contribution in [1.29, 1.82) is 0 Å². The Bertz CT molecular complexity index is 41.2. The van der Waals surface area contributed by atoms with Gasteiger partial charge in [0.05, 0.1) is 0 Å². The highest BCUT2D eigenvalue weighted by atomic mass is 16.5. The van der Waals surface area contributed by atoms with Gasteiger partial charge in [-0.15, -0.1) is 5.59 Å². The molecule has 0 aromatic carbocycles. The van der Waals surface area contributed by atoms with Crippen LogP contribution in [0.1, 0.15) is 0 Å². The molecule has 0 bridgehead atoms. The maximum absolute atomic E-state index is 8.09. The zero-order valence-electron chi connectivity index (χ0n) is 4.39. The molecule has 0 unspecified atom stereocenters. The van der Waals surface area contributed by atoms with Crippen LogP contribution in [0.5, 0.6) is 0 Å². The molecule has 0 aliphatic rings. The first kappa shape index (κ1) is 6.84. The first-order chi connectivity index (χ1) is 3.31. The Morgan fingerprint density at radius 2 is 2.43 bits per heavy atom. The average Bonchev–Trinajstić information content (AvgIpc) is 1.68. The second-order valence-corrected chi connectivity index (χ2v) is 1.31. The van der Waals surface area contributed by atoms with Gasteiger partial charge in [0.25, 0.3) is 0 Å². The van der Waals surface area contributed by atoms with E-state index >= 15 is 0 Å². The van der Waals surface area contributed by atoms with Crippen molar-refractivity contribution in [3.63, 3.8) is 0 Å². The highest BCUT2D eigenvalue weighted by Crippen LogP contribution is 1.64. The zero-order valence-corrected chi connectivity index (χ0v) is 4.39. The van der Waals surface area contributed by atoms with Gasteiger partial charge in [0.2, 0.25) is 0 Å². The number of nitrogens with two attached hydrogens (primary N) is 1. The van der Waals surface area contributed by atoms with Crippen LogP contribution >= 0.6 is 0 Å². The Hall–Kier alpha value is -0.160. The van der Waals surface area contributed by atoms with Crippen LogP contribution in [0, 0.1) is 0 Å². The van der Waals surface area contributed by atoms with E-state index < -0.39 is 0 Å². The molecule has 0 aromatic heterocycles. The minimum absolute atomic E-state index is 0.546. The summed E-state index contributed by atoms with van der Waals surface area (Å²) in [5, 5.41) is 9.57. The van der Waals surface area contributed by atoms with E-state index in [1.165, 1.54) is 5.01 Å². The lowest BCUT2D eigenvalue weighted by Crippen LogP contribution is -2.35. The van der Waals surface area contributed by atoms with Crippen LogP contribution in [0.25, 0.3) is 0 Å². The average molecular weight is 105 g/mol. The number of hydrogen-bond acceptors (Lipinski definition) is 4. The largest absolute Gasteiger partial charge is 0.329 e. The molecule has 0 aliphatic carbocycles. The van der Waals surface area contributed by atoms with Gasteiger partial charge in [-0.3, -0.25) is 0 Å². The Morgan fingerprint density at radius 1 is 1.86 bits per heavy atom. The van der Waals surface area contributed by atoms with Gasteiger partial charge < -0.3 is 10.9 Å². The van der Waals surface area contributed by atoms with Crippen molar-refractivity contribution < 1.29 is 5.21 Å². The van der Waals surface area contributed by atoms with Crippen LogP contribution in [0.3, 0.4) is 0 Å². The smallest absolute Gasteiger partial charge is 0.0272 e. The Morgan fingerprint density at radius 3 is 2.57 bits per heavy atom. The fraction of sp³-hybridized carbons (Fsp3) is 1.00. The van der Waals surface area contributed by atoms with Gasteiger partial charge in [-0.2, -0.15) is 0 Å². The summed E-state index contributed by atoms with van der Waals surface area (Å²) < 4.78 is 0. The molecule has 0 spiro atoms. The molecule has 0 rings (SSSR count). The predicted molar refractivity (Wildman–Crippen MR) is 26.6 cm³/mol. The third-order valence-electron chi connectivity index (χ3n) is 0.635. The molecule has 0 saturated heterocycles. The van der Waals surface area contributed by atoms with E-state index in [1.807, 2.05) is 5.59 Å². The third-order valence-corrected chi connectivity index (χ3v) is 0.635. The SMILES string of the molecule is CN(CCN)NO. The molecule has 0 aromatic rings. The summed E-state index contributed by atoms with van der Waals surface area (Å²) in [5.41, 5.74) is 7.03. The van der Waals surface area contributed by atoms with Gasteiger partial charge in [0, 0.05) is 20.1 Å². The van der Waals surface area contributed by atoms with E-state index in [1.54, 1.807) is 7.05 Å². The summed E-state index contributed by atoms with van der Waals surface area (Å²) in [6.07, 6.45) is 0. The zero-order chi connectivity index (χ0) is 5.70. The molecule has 0 heterocycles. The number of nitrogens with one attached hydrogen (secondary N) is 1. The van der Waals surface area contributed by atoms with E-state index in [-0.39, 0.29) is 0 Å². The van der Waals surface area contributed by atoms with Gasteiger partial charge in [0.15, 0.2) is 0 Å². The topological polar surface area (TPSA) is 61.5 Å². The maximum Gasteiger partial charge on any atom is 0.0272 e. The van der Waals surface area contributed by atoms with E-state index in [9.17, 15) is 0 Å². The first-order valence-electron chi connectivity index (χ1n) is 2.12. The van der Waals surface area contributed by atoms with Gasteiger partial charge in [-0.25, -0.2) is 5.01 Å². The van der Waals surface area contributed by atoms with Crippen molar-refractivity contribution in [3.8, 4) is 0 Å². The minimum Gasteiger partial charge on any atom is -0.329 e. The molecular weight excluding hydrogens is 94.1 g/mol. The Labute approximate surface area is 42.8 Å². The van der Waals surface area contributed by atoms with E-state index in [0.29, 0.717) is 13.1 Å². The van der Waals surface area contributed by atoms with E-state index in [0.717, 1.165) is 0 Å². The molecule has 0 fully saturated rings. The molecule has 0 aliphatic heterocycles. The third kappa shape index (κ3) is 3.68. The van der Waals surface area contributed by atoms with Crippen LogP contribution in [0.2, 0.25) is 0 Å². The lowest BCUT2D eigenvalue weighted by Gasteiger charge is -2.09. The maximum atomic E-state index is 8.09. The van der Waals surface area contributed by atoms with Crippen molar-refractivity contribution in [3.05, 3.63) is 0 Å². The standard InChI is InChI=1S/C3H11N3O/c1-6(5-7)3-2-4/h5,7H,2-4H2,1H3. The highest BCUT2D eigenvalue weighted by molar-refractivity contribution is 4.36. The Balaban J connectivity index is 2.83. The normalized spacial score (nSPS) is 10.3. The summed E-state index contributed by atoms with van der Waals surface area (Å²) in [7, 11) is 1.70. The number of rotatable bonds is 3. The summed E-state index contributed by atoms with van der Waals surface area (Å²) in [4.78, 5) is 0. The van der Waals surface area contributed by atoms with Crippen molar-refractivity contribution in [1.82, 2.24) is 10.6 Å². The van der Waals surface area contributed by atoms with Crippen molar-refractivity contribution in [2.75, 3.05) is 20.1 Å². The lowest BCUT2D eigenvalue weighted by molar-refractivity contribution is 0.00121. The highest BCUT2D eigenvalue weighted by Gasteiger charge is 1.86. The number of hydrazine groups is 1. The van der Waals surface area contributed by atoms with Crippen LogP contribution in [-0.2, 0) is 0 Å². The van der Waals surface area contributed by atoms with Crippen molar-refractivity contribution in [2.45, 2.75) is 0 Å². The van der Waals surface area contributed by atoms with E-state index in [2.05, 4.69) is 0 Å². The van der Waals surface area contributed by atoms with Gasteiger partial charge >= 0.3 is 0 Å². The minimum atomic E-state index is 0.546. The Kier molecular flexibility index (Phi) is 3.92. The molecule has 4 heteroatoms. The fourth-order valence-corrected chi connectivity index (χ4v) is 0.244. The summed E-state index contributed by atoms with van der Waals surface area (Å²) in [6, 6.07) is 0. The van der Waals surface area contributed by atoms with E-state index in [4.69, 9.17) is 10.9 Å². The summed E-state index contributed by atoms with van der Waals surface area (Å²) in [5.74, 6) is 0. The quantitative estimate of drug-likeness (QED) is 0.393. The molecule has 0 radical (unpaired) electrons. The second-order valence-electron chi connectivity index (χ2n) is 1.31. The monoisotopic (exact) mass is 105 g/mol. The molecule has 7 heavy (non-hydrogen) atoms. The number of nitrogens with zero attached hydrogens (tertiary/aromatic N) is 1. The van der Waals surface area contributed by atoms with Crippen LogP contribution < -0.4 is 11.3 Å². The van der Waals surface area contributed by atoms with Crippen LogP contribution in [0.15, 0.2) is 0 Å². The second kappa shape index (κ2) is 4.01. The predicted octanol–water partition coefficient (Wildman–Crippen LogP) is -1.23. The molecule has 0 amide bonds. The molecule has 0 saturated carbocycles. The van der Waals surface area contributed by atoms with Gasteiger partial charge in [-0.1, -0.05) is 0 Å². The van der Waals surface area contributed by atoms with Crippen LogP contribution in [0.4, 0.5) is 0 Å². The summed E-state index contributed by atoms with van der Waals surface area (Å²) >= 11 is 0. The van der Waals surface area contributed by atoms with Crippen LogP contribution in [-0.4, -0.2) is 30.4 Å². The molecular formula is C3H11N3O. The van der Waals surface area contributed by atoms with Crippen molar-refractivity contribution in [2.24, 2.45) is 5.73 Å². The van der Waals surface area contributed by atoms with Gasteiger partial charge in [0.1, 0.15) is 0 Å². The molecule has 0 atom stereocenters. The summed E-state index contributed by atoms with van der Waals surface area (Å²) in [6.45, 7) is 1.20. The molecule has 44 valence electrons. The van der Waals surface area contributed by atoms with Gasteiger partial charge in [-0.05, 0) is 0 Å². The lowest BCUT2D eigenvalue weighted by atomic mass is 10.6. The number of likely N-dealkylation sites (N-methyl/N-ethyl adjacent to an activating group) is 1. The fourth-order valence-electron chi connectivity index (χ4n) is 0.244. The van der Waals surface area contributed by atoms with Crippen molar-refractivity contribution >= 4 is 0 Å². The molecule has 4 N–H and O–H groups in total. The first-order valence-corrected chi connectivity index (χ1v) is 2.12.